The molecule has 2 aromatic rings. The number of quaternary nitrogens is 1. The Morgan fingerprint density at radius 3 is 2.66 bits per heavy atom. The third-order valence-electron chi connectivity index (χ3n) is 5.00. The van der Waals surface area contributed by atoms with Crippen LogP contribution in [-0.2, 0) is 24.2 Å². The number of rotatable bonds is 8. The van der Waals surface area contributed by atoms with E-state index in [0.717, 1.165) is 49.2 Å². The molecule has 0 saturated carbocycles. The highest BCUT2D eigenvalue weighted by molar-refractivity contribution is 8.00. The molecule has 3 rings (SSSR count). The molecule has 0 bridgehead atoms. The van der Waals surface area contributed by atoms with Crippen molar-refractivity contribution in [3.8, 4) is 5.75 Å². The predicted molar refractivity (Wildman–Crippen MR) is 115 cm³/mol. The second-order valence-corrected chi connectivity index (χ2v) is 8.47. The number of methoxy groups -OCH3 is 1. The van der Waals surface area contributed by atoms with Crippen LogP contribution in [0.5, 0.6) is 5.75 Å². The minimum Gasteiger partial charge on any atom is -0.497 e. The number of aromatic nitrogens is 2. The van der Waals surface area contributed by atoms with E-state index in [1.807, 2.05) is 4.57 Å². The monoisotopic (exact) mass is 417 g/mol. The number of ether oxygens (including phenoxy) is 1. The van der Waals surface area contributed by atoms with E-state index in [2.05, 4.69) is 24.4 Å². The van der Waals surface area contributed by atoms with Gasteiger partial charge < -0.3 is 15.0 Å². The average molecular weight is 418 g/mol. The molecule has 29 heavy (non-hydrogen) atoms. The van der Waals surface area contributed by atoms with Crippen LogP contribution < -0.4 is 20.6 Å². The van der Waals surface area contributed by atoms with E-state index in [1.54, 1.807) is 31.4 Å². The van der Waals surface area contributed by atoms with Gasteiger partial charge in [0.2, 0.25) is 5.91 Å². The first-order chi connectivity index (χ1) is 14.0. The molecule has 0 atom stereocenters. The fraction of sp³-hybridized carbons (Fsp3) is 0.476. The molecule has 0 aliphatic heterocycles. The highest BCUT2D eigenvalue weighted by atomic mass is 32.2. The average Bonchev–Trinajstić information content (AvgIpc) is 2.72. The summed E-state index contributed by atoms with van der Waals surface area (Å²) in [6.07, 6.45) is 4.01. The van der Waals surface area contributed by atoms with Gasteiger partial charge in [-0.3, -0.25) is 9.36 Å². The lowest BCUT2D eigenvalue weighted by Gasteiger charge is -2.23. The van der Waals surface area contributed by atoms with Crippen LogP contribution in [0.3, 0.4) is 0 Å². The summed E-state index contributed by atoms with van der Waals surface area (Å²) in [5, 5.41) is 3.58. The Morgan fingerprint density at radius 1 is 1.24 bits per heavy atom. The maximum Gasteiger partial charge on any atom is 0.349 e. The van der Waals surface area contributed by atoms with Crippen LogP contribution in [0.2, 0.25) is 0 Å². The maximum atomic E-state index is 12.6. The third-order valence-corrected chi connectivity index (χ3v) is 6.02. The molecule has 0 spiro atoms. The molecular weight excluding hydrogens is 388 g/mol. The van der Waals surface area contributed by atoms with Gasteiger partial charge in [0.05, 0.1) is 40.0 Å². The Morgan fingerprint density at radius 2 is 1.97 bits per heavy atom. The van der Waals surface area contributed by atoms with E-state index in [0.29, 0.717) is 17.3 Å². The lowest BCUT2D eigenvalue weighted by molar-refractivity contribution is -0.859. The highest BCUT2D eigenvalue weighted by Gasteiger charge is 2.21. The molecule has 156 valence electrons. The van der Waals surface area contributed by atoms with Crippen LogP contribution in [0, 0.1) is 0 Å². The summed E-state index contributed by atoms with van der Waals surface area (Å²) in [6, 6.07) is 7.20. The molecule has 1 aromatic carbocycles. The topological polar surface area (TPSA) is 77.7 Å². The number of fused-ring (bicyclic) bond motifs is 1. The zero-order valence-electron chi connectivity index (χ0n) is 17.3. The summed E-state index contributed by atoms with van der Waals surface area (Å²) in [5.41, 5.74) is 2.76. The van der Waals surface area contributed by atoms with Gasteiger partial charge in [0.1, 0.15) is 10.8 Å². The zero-order chi connectivity index (χ0) is 20.8. The number of benzene rings is 1. The molecule has 1 aliphatic rings. The number of carbonyl (C=O) groups excluding carboxylic acids is 1. The largest absolute Gasteiger partial charge is 0.497 e. The van der Waals surface area contributed by atoms with Crippen LogP contribution in [0.1, 0.15) is 24.1 Å². The van der Waals surface area contributed by atoms with E-state index >= 15 is 0 Å². The van der Waals surface area contributed by atoms with E-state index in [1.165, 1.54) is 16.7 Å². The number of hydrogen-bond donors (Lipinski definition) is 2. The summed E-state index contributed by atoms with van der Waals surface area (Å²) in [7, 11) is 5.76. The molecular formula is C21H29N4O3S+. The number of nitrogens with one attached hydrogen (secondary N) is 2. The van der Waals surface area contributed by atoms with Gasteiger partial charge >= 0.3 is 5.69 Å². The first-order valence-corrected chi connectivity index (χ1v) is 10.9. The van der Waals surface area contributed by atoms with Crippen molar-refractivity contribution in [3.63, 3.8) is 0 Å². The fourth-order valence-electron chi connectivity index (χ4n) is 3.44. The first-order valence-electron chi connectivity index (χ1n) is 9.96. The molecule has 0 radical (unpaired) electrons. The second-order valence-electron chi connectivity index (χ2n) is 7.51. The van der Waals surface area contributed by atoms with Crippen molar-refractivity contribution in [2.24, 2.45) is 0 Å². The smallest absolute Gasteiger partial charge is 0.349 e. The molecule has 1 aliphatic carbocycles. The Hall–Kier alpha value is -2.32. The van der Waals surface area contributed by atoms with Crippen molar-refractivity contribution in [1.82, 2.24) is 9.55 Å². The van der Waals surface area contributed by atoms with Crippen molar-refractivity contribution in [2.45, 2.75) is 37.3 Å². The summed E-state index contributed by atoms with van der Waals surface area (Å²) in [5.74, 6) is 0.841. The fourth-order valence-corrected chi connectivity index (χ4v) is 4.32. The number of likely N-dealkylation sites (N-methyl/N-ethyl adjacent to an activating group) is 1. The molecule has 1 heterocycles. The number of carbonyl (C=O) groups is 1. The quantitative estimate of drug-likeness (QED) is 0.495. The standard InChI is InChI=1S/C21H28N4O3S/c1-24(2)12-13-25-18-7-5-4-6-17(18)20(23-21(25)27)29-14-19(26)22-15-8-10-16(28-3)11-9-15/h8-11H,4-7,12-14H2,1-3H3,(H,22,26)/p+1. The zero-order valence-corrected chi connectivity index (χ0v) is 18.1. The summed E-state index contributed by atoms with van der Waals surface area (Å²) < 4.78 is 6.96. The minimum absolute atomic E-state index is 0.119. The molecule has 2 N–H and O–H groups in total. The molecule has 0 fully saturated rings. The Bertz CT molecular complexity index is 909. The van der Waals surface area contributed by atoms with E-state index in [4.69, 9.17) is 4.74 Å². The Balaban J connectivity index is 1.70. The SMILES string of the molecule is COc1ccc(NC(=O)CSc2nc(=O)n(CC[NH+](C)C)c3c2CCCC3)cc1. The van der Waals surface area contributed by atoms with E-state index in [-0.39, 0.29) is 17.3 Å². The number of thioether (sulfide) groups is 1. The van der Waals surface area contributed by atoms with Gasteiger partial charge in [-0.25, -0.2) is 4.79 Å². The van der Waals surface area contributed by atoms with Crippen molar-refractivity contribution >= 4 is 23.4 Å². The van der Waals surface area contributed by atoms with Crippen molar-refractivity contribution in [2.75, 3.05) is 38.8 Å². The molecule has 0 saturated heterocycles. The van der Waals surface area contributed by atoms with Crippen LogP contribution in [0.25, 0.3) is 0 Å². The maximum absolute atomic E-state index is 12.6. The molecule has 1 amide bonds. The summed E-state index contributed by atoms with van der Waals surface area (Å²) >= 11 is 1.35. The van der Waals surface area contributed by atoms with Crippen LogP contribution in [-0.4, -0.2) is 49.0 Å². The molecule has 7 nitrogen and oxygen atoms in total. The highest BCUT2D eigenvalue weighted by Crippen LogP contribution is 2.28. The van der Waals surface area contributed by atoms with Gasteiger partial charge in [-0.05, 0) is 49.9 Å². The normalized spacial score (nSPS) is 13.2. The second kappa shape index (κ2) is 9.93. The number of hydrogen-bond acceptors (Lipinski definition) is 5. The van der Waals surface area contributed by atoms with Crippen molar-refractivity contribution in [3.05, 3.63) is 46.0 Å². The molecule has 8 heteroatoms. The Kier molecular flexibility index (Phi) is 7.33. The van der Waals surface area contributed by atoms with Gasteiger partial charge in [0, 0.05) is 16.9 Å². The van der Waals surface area contributed by atoms with E-state index in [9.17, 15) is 9.59 Å². The lowest BCUT2D eigenvalue weighted by Crippen LogP contribution is -3.06. The van der Waals surface area contributed by atoms with Gasteiger partial charge in [-0.2, -0.15) is 4.98 Å². The summed E-state index contributed by atoms with van der Waals surface area (Å²) in [6.45, 7) is 1.56. The van der Waals surface area contributed by atoms with Gasteiger partial charge in [0.25, 0.3) is 0 Å². The third kappa shape index (κ3) is 5.61. The molecule has 0 unspecified atom stereocenters. The predicted octanol–water partition coefficient (Wildman–Crippen LogP) is 1.01. The lowest BCUT2D eigenvalue weighted by atomic mass is 9.97. The minimum atomic E-state index is -0.204. The Labute approximate surface area is 175 Å². The van der Waals surface area contributed by atoms with Crippen LogP contribution in [0.4, 0.5) is 5.69 Å². The van der Waals surface area contributed by atoms with Gasteiger partial charge in [-0.1, -0.05) is 11.8 Å². The van der Waals surface area contributed by atoms with Crippen molar-refractivity contribution in [1.29, 1.82) is 0 Å². The number of nitrogens with zero attached hydrogens (tertiary/aromatic N) is 2. The van der Waals surface area contributed by atoms with Gasteiger partial charge in [0.15, 0.2) is 0 Å². The van der Waals surface area contributed by atoms with Crippen LogP contribution >= 0.6 is 11.8 Å². The van der Waals surface area contributed by atoms with Crippen molar-refractivity contribution < 1.29 is 14.4 Å². The molecule has 1 aromatic heterocycles. The number of anilines is 1. The van der Waals surface area contributed by atoms with Crippen LogP contribution in [0.15, 0.2) is 34.1 Å². The van der Waals surface area contributed by atoms with Gasteiger partial charge in [-0.15, -0.1) is 0 Å². The summed E-state index contributed by atoms with van der Waals surface area (Å²) in [4.78, 5) is 30.6. The van der Waals surface area contributed by atoms with E-state index < -0.39 is 0 Å². The number of amides is 1. The first kappa shape index (κ1) is 21.4.